The van der Waals surface area contributed by atoms with Crippen LogP contribution < -0.4 is 16.0 Å². The van der Waals surface area contributed by atoms with Gasteiger partial charge in [-0.05, 0) is 54.7 Å². The second-order valence-corrected chi connectivity index (χ2v) is 11.9. The van der Waals surface area contributed by atoms with Crippen molar-refractivity contribution in [2.24, 2.45) is 17.8 Å². The Kier molecular flexibility index (Phi) is 14.6. The lowest BCUT2D eigenvalue weighted by atomic mass is 9.97. The fourth-order valence-electron chi connectivity index (χ4n) is 4.42. The summed E-state index contributed by atoms with van der Waals surface area (Å²) in [5.41, 5.74) is 1.60. The molecule has 2 aromatic carbocycles. The smallest absolute Gasteiger partial charge is 0.408 e. The number of hydrogen-bond donors (Lipinski definition) is 4. The number of aliphatic hydroxyl groups is 1. The van der Waals surface area contributed by atoms with Crippen LogP contribution in [0.15, 0.2) is 60.7 Å². The van der Waals surface area contributed by atoms with Crippen LogP contribution in [-0.2, 0) is 20.9 Å². The first kappa shape index (κ1) is 34.4. The van der Waals surface area contributed by atoms with Gasteiger partial charge < -0.3 is 25.8 Å². The zero-order chi connectivity index (χ0) is 31.1. The highest BCUT2D eigenvalue weighted by atomic mass is 16.5. The first-order valence-electron chi connectivity index (χ1n) is 14.8. The number of benzene rings is 2. The Bertz CT molecular complexity index is 1170. The third-order valence-corrected chi connectivity index (χ3v) is 6.44. The van der Waals surface area contributed by atoms with Crippen LogP contribution in [0.1, 0.15) is 71.9 Å². The Morgan fingerprint density at radius 3 is 1.76 bits per heavy atom. The van der Waals surface area contributed by atoms with E-state index in [1.807, 2.05) is 102 Å². The molecule has 0 aliphatic carbocycles. The zero-order valence-electron chi connectivity index (χ0n) is 25.7. The van der Waals surface area contributed by atoms with Crippen LogP contribution in [0.4, 0.5) is 4.79 Å². The molecule has 0 saturated heterocycles. The van der Waals surface area contributed by atoms with Gasteiger partial charge in [0.25, 0.3) is 0 Å². The molecule has 0 fully saturated rings. The monoisotopic (exact) mass is 577 g/mol. The van der Waals surface area contributed by atoms with Crippen LogP contribution in [0.25, 0.3) is 0 Å². The predicted molar refractivity (Wildman–Crippen MR) is 165 cm³/mol. The summed E-state index contributed by atoms with van der Waals surface area (Å²) in [6.45, 7) is 11.9. The SMILES string of the molecule is CC(C)C[C@H](NC(=O)OCc1ccccc1)C(=O)N[C@@H](CC(C)C)C(=O)N[C@@H](CC(C)C)C(O)C#Cc1ccccc1. The molecule has 4 atom stereocenters. The first-order chi connectivity index (χ1) is 19.9. The molecule has 4 N–H and O–H groups in total. The largest absolute Gasteiger partial charge is 0.445 e. The molecule has 1 unspecified atom stereocenters. The van der Waals surface area contributed by atoms with Crippen LogP contribution in [0.2, 0.25) is 0 Å². The molecule has 0 aliphatic rings. The lowest BCUT2D eigenvalue weighted by molar-refractivity contribution is -0.131. The number of alkyl carbamates (subject to hydrolysis) is 1. The number of carbonyl (C=O) groups excluding carboxylic acids is 3. The van der Waals surface area contributed by atoms with Crippen molar-refractivity contribution in [2.45, 2.75) is 91.6 Å². The van der Waals surface area contributed by atoms with E-state index in [2.05, 4.69) is 27.8 Å². The molecule has 2 aromatic rings. The van der Waals surface area contributed by atoms with E-state index in [-0.39, 0.29) is 24.4 Å². The highest BCUT2D eigenvalue weighted by molar-refractivity contribution is 5.91. The van der Waals surface area contributed by atoms with E-state index in [4.69, 9.17) is 4.74 Å². The molecular formula is C34H47N3O5. The standard InChI is InChI=1S/C34H47N3O5/c1-23(2)19-28(31(38)18-17-26-13-9-7-10-14-26)35-32(39)29(20-24(3)4)36-33(40)30(21-25(5)6)37-34(41)42-22-27-15-11-8-12-16-27/h7-16,23-25,28-31,38H,19-22H2,1-6H3,(H,35,39)(H,36,40)(H,37,41)/t28-,29-,30-,31?/m0/s1. The Morgan fingerprint density at radius 1 is 0.714 bits per heavy atom. The summed E-state index contributed by atoms with van der Waals surface area (Å²) < 4.78 is 5.33. The molecule has 3 amide bonds. The van der Waals surface area contributed by atoms with Gasteiger partial charge in [-0.2, -0.15) is 0 Å². The Morgan fingerprint density at radius 2 is 1.21 bits per heavy atom. The van der Waals surface area contributed by atoms with Crippen molar-refractivity contribution in [1.29, 1.82) is 0 Å². The minimum Gasteiger partial charge on any atom is -0.445 e. The topological polar surface area (TPSA) is 117 Å². The fraction of sp³-hybridized carbons (Fsp3) is 0.500. The highest BCUT2D eigenvalue weighted by Gasteiger charge is 2.30. The average Bonchev–Trinajstić information content (AvgIpc) is 2.94. The van der Waals surface area contributed by atoms with Gasteiger partial charge in [0.1, 0.15) is 24.8 Å². The first-order valence-corrected chi connectivity index (χ1v) is 14.8. The van der Waals surface area contributed by atoms with Gasteiger partial charge in [0, 0.05) is 5.56 Å². The second-order valence-electron chi connectivity index (χ2n) is 11.9. The Labute approximate surface area is 251 Å². The van der Waals surface area contributed by atoms with Gasteiger partial charge in [0.2, 0.25) is 11.8 Å². The van der Waals surface area contributed by atoms with Crippen LogP contribution in [-0.4, -0.2) is 47.2 Å². The number of carbonyl (C=O) groups is 3. The van der Waals surface area contributed by atoms with Gasteiger partial charge in [-0.3, -0.25) is 9.59 Å². The van der Waals surface area contributed by atoms with Crippen molar-refractivity contribution in [3.63, 3.8) is 0 Å². The van der Waals surface area contributed by atoms with Gasteiger partial charge >= 0.3 is 6.09 Å². The van der Waals surface area contributed by atoms with Crippen LogP contribution >= 0.6 is 0 Å². The summed E-state index contributed by atoms with van der Waals surface area (Å²) in [6.07, 6.45) is -0.552. The fourth-order valence-corrected chi connectivity index (χ4v) is 4.42. The molecule has 0 aromatic heterocycles. The summed E-state index contributed by atoms with van der Waals surface area (Å²) in [4.78, 5) is 39.5. The van der Waals surface area contributed by atoms with Gasteiger partial charge in [-0.25, -0.2) is 4.79 Å². The van der Waals surface area contributed by atoms with E-state index in [0.29, 0.717) is 19.3 Å². The summed E-state index contributed by atoms with van der Waals surface area (Å²) in [5, 5.41) is 19.4. The third-order valence-electron chi connectivity index (χ3n) is 6.44. The van der Waals surface area contributed by atoms with Gasteiger partial charge in [0.15, 0.2) is 0 Å². The molecule has 0 saturated carbocycles. The van der Waals surface area contributed by atoms with Crippen molar-refractivity contribution in [3.05, 3.63) is 71.8 Å². The number of nitrogens with one attached hydrogen (secondary N) is 3. The molecule has 8 nitrogen and oxygen atoms in total. The Balaban J connectivity index is 2.13. The molecule has 8 heteroatoms. The summed E-state index contributed by atoms with van der Waals surface area (Å²) in [6, 6.07) is 16.2. The lowest BCUT2D eigenvalue weighted by Crippen LogP contribution is -2.56. The molecular weight excluding hydrogens is 530 g/mol. The quantitative estimate of drug-likeness (QED) is 0.241. The van der Waals surface area contributed by atoms with Crippen molar-refractivity contribution >= 4 is 17.9 Å². The number of hydrogen-bond acceptors (Lipinski definition) is 5. The minimum absolute atomic E-state index is 0.0772. The Hall–Kier alpha value is -3.83. The minimum atomic E-state index is -1.10. The van der Waals surface area contributed by atoms with E-state index >= 15 is 0 Å². The van der Waals surface area contributed by atoms with Gasteiger partial charge in [-0.1, -0.05) is 102 Å². The zero-order valence-corrected chi connectivity index (χ0v) is 25.7. The van der Waals surface area contributed by atoms with Crippen molar-refractivity contribution < 1.29 is 24.2 Å². The van der Waals surface area contributed by atoms with Crippen LogP contribution in [0, 0.1) is 29.6 Å². The molecule has 228 valence electrons. The van der Waals surface area contributed by atoms with E-state index in [0.717, 1.165) is 11.1 Å². The summed E-state index contributed by atoms with van der Waals surface area (Å²) in [5.74, 6) is 5.33. The normalized spacial score (nSPS) is 13.9. The molecule has 0 bridgehead atoms. The number of aliphatic hydroxyl groups excluding tert-OH is 1. The maximum absolute atomic E-state index is 13.5. The number of ether oxygens (including phenoxy) is 1. The molecule has 42 heavy (non-hydrogen) atoms. The van der Waals surface area contributed by atoms with E-state index in [1.165, 1.54) is 0 Å². The maximum atomic E-state index is 13.5. The summed E-state index contributed by atoms with van der Waals surface area (Å²) in [7, 11) is 0. The van der Waals surface area contributed by atoms with Gasteiger partial charge in [-0.15, -0.1) is 0 Å². The maximum Gasteiger partial charge on any atom is 0.408 e. The molecule has 0 spiro atoms. The number of amides is 3. The molecule has 0 aliphatic heterocycles. The molecule has 0 heterocycles. The second kappa shape index (κ2) is 17.9. The molecule has 2 rings (SSSR count). The lowest BCUT2D eigenvalue weighted by Gasteiger charge is -2.28. The van der Waals surface area contributed by atoms with Crippen LogP contribution in [0.5, 0.6) is 0 Å². The molecule has 0 radical (unpaired) electrons. The predicted octanol–water partition coefficient (Wildman–Crippen LogP) is 4.80. The van der Waals surface area contributed by atoms with E-state index in [1.54, 1.807) is 0 Å². The van der Waals surface area contributed by atoms with E-state index < -0.39 is 42.1 Å². The van der Waals surface area contributed by atoms with Crippen molar-refractivity contribution in [1.82, 2.24) is 16.0 Å². The van der Waals surface area contributed by atoms with E-state index in [9.17, 15) is 19.5 Å². The average molecular weight is 578 g/mol. The van der Waals surface area contributed by atoms with Crippen molar-refractivity contribution in [2.75, 3.05) is 0 Å². The van der Waals surface area contributed by atoms with Gasteiger partial charge in [0.05, 0.1) is 6.04 Å². The number of rotatable bonds is 14. The van der Waals surface area contributed by atoms with Crippen LogP contribution in [0.3, 0.4) is 0 Å². The van der Waals surface area contributed by atoms with Crippen molar-refractivity contribution in [3.8, 4) is 11.8 Å². The third kappa shape index (κ3) is 13.2. The highest BCUT2D eigenvalue weighted by Crippen LogP contribution is 2.13. The summed E-state index contributed by atoms with van der Waals surface area (Å²) >= 11 is 0.